The van der Waals surface area contributed by atoms with Crippen LogP contribution >= 0.6 is 0 Å². The lowest BCUT2D eigenvalue weighted by Crippen LogP contribution is -2.25. The lowest BCUT2D eigenvalue weighted by molar-refractivity contribution is -0.120. The van der Waals surface area contributed by atoms with Gasteiger partial charge in [-0.2, -0.15) is 0 Å². The van der Waals surface area contributed by atoms with Crippen LogP contribution in [0.5, 0.6) is 0 Å². The van der Waals surface area contributed by atoms with Gasteiger partial charge in [-0.25, -0.2) is 0 Å². The standard InChI is InChI=1S/C12H19NO2/c1-4-5-11(14)8-13(3)9-12-7-6-10(2)15-12/h6-7H,4-5,8-9H2,1-3H3. The molecule has 0 radical (unpaired) electrons. The first-order chi connectivity index (χ1) is 7.11. The largest absolute Gasteiger partial charge is 0.465 e. The Morgan fingerprint density at radius 1 is 1.47 bits per heavy atom. The molecule has 0 saturated heterocycles. The van der Waals surface area contributed by atoms with Gasteiger partial charge in [0.15, 0.2) is 0 Å². The van der Waals surface area contributed by atoms with Crippen molar-refractivity contribution in [1.82, 2.24) is 4.90 Å². The number of ketones is 1. The summed E-state index contributed by atoms with van der Waals surface area (Å²) in [5.74, 6) is 2.13. The summed E-state index contributed by atoms with van der Waals surface area (Å²) in [5.41, 5.74) is 0. The minimum Gasteiger partial charge on any atom is -0.465 e. The van der Waals surface area contributed by atoms with Crippen molar-refractivity contribution < 1.29 is 9.21 Å². The highest BCUT2D eigenvalue weighted by Crippen LogP contribution is 2.08. The van der Waals surface area contributed by atoms with Crippen molar-refractivity contribution in [1.29, 1.82) is 0 Å². The van der Waals surface area contributed by atoms with Crippen molar-refractivity contribution in [3.8, 4) is 0 Å². The van der Waals surface area contributed by atoms with Crippen molar-refractivity contribution in [2.24, 2.45) is 0 Å². The molecule has 0 fully saturated rings. The Bertz CT molecular complexity index is 317. The van der Waals surface area contributed by atoms with E-state index in [-0.39, 0.29) is 0 Å². The lowest BCUT2D eigenvalue weighted by atomic mass is 10.2. The van der Waals surface area contributed by atoms with Gasteiger partial charge in [0.25, 0.3) is 0 Å². The van der Waals surface area contributed by atoms with Crippen LogP contribution in [0.4, 0.5) is 0 Å². The number of aryl methyl sites for hydroxylation is 1. The Hall–Kier alpha value is -1.09. The highest BCUT2D eigenvalue weighted by molar-refractivity contribution is 5.80. The zero-order valence-electron chi connectivity index (χ0n) is 9.75. The van der Waals surface area contributed by atoms with Gasteiger partial charge < -0.3 is 4.42 Å². The molecule has 0 saturated carbocycles. The van der Waals surface area contributed by atoms with Crippen LogP contribution in [0.25, 0.3) is 0 Å². The van der Waals surface area contributed by atoms with E-state index in [1.54, 1.807) is 0 Å². The predicted octanol–water partition coefficient (Wildman–Crippen LogP) is 2.39. The molecule has 15 heavy (non-hydrogen) atoms. The molecule has 0 atom stereocenters. The number of furan rings is 1. The van der Waals surface area contributed by atoms with Gasteiger partial charge in [-0.05, 0) is 32.5 Å². The molecule has 0 aromatic carbocycles. The zero-order chi connectivity index (χ0) is 11.3. The van der Waals surface area contributed by atoms with Crippen LogP contribution in [0.1, 0.15) is 31.3 Å². The van der Waals surface area contributed by atoms with E-state index < -0.39 is 0 Å². The summed E-state index contributed by atoms with van der Waals surface area (Å²) in [7, 11) is 1.94. The highest BCUT2D eigenvalue weighted by Gasteiger charge is 2.08. The van der Waals surface area contributed by atoms with Gasteiger partial charge in [-0.15, -0.1) is 0 Å². The molecule has 0 aliphatic carbocycles. The number of nitrogens with zero attached hydrogens (tertiary/aromatic N) is 1. The van der Waals surface area contributed by atoms with Crippen LogP contribution < -0.4 is 0 Å². The Morgan fingerprint density at radius 3 is 2.73 bits per heavy atom. The van der Waals surface area contributed by atoms with Gasteiger partial charge in [0, 0.05) is 6.42 Å². The Morgan fingerprint density at radius 2 is 2.20 bits per heavy atom. The molecule has 84 valence electrons. The first-order valence-electron chi connectivity index (χ1n) is 5.37. The van der Waals surface area contributed by atoms with Crippen LogP contribution in [0.15, 0.2) is 16.5 Å². The molecule has 3 nitrogen and oxygen atoms in total. The van der Waals surface area contributed by atoms with Crippen LogP contribution in [0.3, 0.4) is 0 Å². The second kappa shape index (κ2) is 5.71. The average Bonchev–Trinajstić information content (AvgIpc) is 2.51. The average molecular weight is 209 g/mol. The van der Waals surface area contributed by atoms with Crippen molar-refractivity contribution in [2.75, 3.05) is 13.6 Å². The molecule has 0 unspecified atom stereocenters. The molecule has 1 aromatic heterocycles. The normalized spacial score (nSPS) is 10.9. The number of carbonyl (C=O) groups excluding carboxylic acids is 1. The maximum absolute atomic E-state index is 11.4. The third-order valence-corrected chi connectivity index (χ3v) is 2.20. The number of carbonyl (C=O) groups is 1. The fourth-order valence-electron chi connectivity index (χ4n) is 1.55. The van der Waals surface area contributed by atoms with Gasteiger partial charge in [-0.1, -0.05) is 6.92 Å². The zero-order valence-corrected chi connectivity index (χ0v) is 9.75. The molecular formula is C12H19NO2. The second-order valence-electron chi connectivity index (χ2n) is 3.97. The number of likely N-dealkylation sites (N-methyl/N-ethyl adjacent to an activating group) is 1. The topological polar surface area (TPSA) is 33.5 Å². The van der Waals surface area contributed by atoms with Gasteiger partial charge in [0.1, 0.15) is 17.3 Å². The van der Waals surface area contributed by atoms with Crippen LogP contribution in [0, 0.1) is 6.92 Å². The van der Waals surface area contributed by atoms with Crippen molar-refractivity contribution in [2.45, 2.75) is 33.2 Å². The summed E-state index contributed by atoms with van der Waals surface area (Å²) in [5, 5.41) is 0. The molecule has 0 spiro atoms. The Labute approximate surface area is 91.1 Å². The number of hydrogen-bond donors (Lipinski definition) is 0. The Balaban J connectivity index is 2.35. The van der Waals surface area contributed by atoms with Gasteiger partial charge in [0.05, 0.1) is 13.1 Å². The minimum absolute atomic E-state index is 0.295. The Kier molecular flexibility index (Phi) is 4.56. The molecule has 0 amide bonds. The summed E-state index contributed by atoms with van der Waals surface area (Å²) >= 11 is 0. The van der Waals surface area contributed by atoms with Crippen LogP contribution in [0.2, 0.25) is 0 Å². The molecule has 3 heteroatoms. The SMILES string of the molecule is CCCC(=O)CN(C)Cc1ccc(C)o1. The summed E-state index contributed by atoms with van der Waals surface area (Å²) in [6, 6.07) is 3.90. The first-order valence-corrected chi connectivity index (χ1v) is 5.37. The third kappa shape index (κ3) is 4.30. The molecular weight excluding hydrogens is 190 g/mol. The molecule has 1 heterocycles. The lowest BCUT2D eigenvalue weighted by Gasteiger charge is -2.13. The smallest absolute Gasteiger partial charge is 0.146 e. The van der Waals surface area contributed by atoms with E-state index in [0.717, 1.165) is 17.9 Å². The van der Waals surface area contributed by atoms with Crippen molar-refractivity contribution >= 4 is 5.78 Å². The molecule has 0 aliphatic rings. The monoisotopic (exact) mass is 209 g/mol. The van der Waals surface area contributed by atoms with E-state index in [4.69, 9.17) is 4.42 Å². The van der Waals surface area contributed by atoms with E-state index >= 15 is 0 Å². The molecule has 0 bridgehead atoms. The molecule has 0 aliphatic heterocycles. The maximum atomic E-state index is 11.4. The quantitative estimate of drug-likeness (QED) is 0.721. The fourth-order valence-corrected chi connectivity index (χ4v) is 1.55. The van der Waals surface area contributed by atoms with E-state index in [9.17, 15) is 4.79 Å². The second-order valence-corrected chi connectivity index (χ2v) is 3.97. The van der Waals surface area contributed by atoms with Crippen molar-refractivity contribution in [3.63, 3.8) is 0 Å². The maximum Gasteiger partial charge on any atom is 0.146 e. The predicted molar refractivity (Wildman–Crippen MR) is 59.7 cm³/mol. The molecule has 1 aromatic rings. The third-order valence-electron chi connectivity index (χ3n) is 2.20. The summed E-state index contributed by atoms with van der Waals surface area (Å²) in [6.07, 6.45) is 1.59. The molecule has 1 rings (SSSR count). The van der Waals surface area contributed by atoms with Gasteiger partial charge >= 0.3 is 0 Å². The van der Waals surface area contributed by atoms with Crippen LogP contribution in [-0.4, -0.2) is 24.3 Å². The summed E-state index contributed by atoms with van der Waals surface area (Å²) < 4.78 is 5.44. The van der Waals surface area contributed by atoms with Crippen molar-refractivity contribution in [3.05, 3.63) is 23.7 Å². The number of hydrogen-bond acceptors (Lipinski definition) is 3. The first kappa shape index (κ1) is 12.0. The minimum atomic E-state index is 0.295. The number of rotatable bonds is 6. The number of Topliss-reactive ketones (excluding diaryl/α,β-unsaturated/α-hetero) is 1. The van der Waals surface area contributed by atoms with Gasteiger partial charge in [-0.3, -0.25) is 9.69 Å². The van der Waals surface area contributed by atoms with Crippen LogP contribution in [-0.2, 0) is 11.3 Å². The summed E-state index contributed by atoms with van der Waals surface area (Å²) in [4.78, 5) is 13.4. The fraction of sp³-hybridized carbons (Fsp3) is 0.583. The van der Waals surface area contributed by atoms with E-state index in [1.807, 2.05) is 37.9 Å². The van der Waals surface area contributed by atoms with Gasteiger partial charge in [0.2, 0.25) is 0 Å². The highest BCUT2D eigenvalue weighted by atomic mass is 16.3. The molecule has 0 N–H and O–H groups in total. The summed E-state index contributed by atoms with van der Waals surface area (Å²) in [6.45, 7) is 5.15. The van der Waals surface area contributed by atoms with E-state index in [1.165, 1.54) is 0 Å². The van der Waals surface area contributed by atoms with E-state index in [0.29, 0.717) is 25.3 Å². The van der Waals surface area contributed by atoms with E-state index in [2.05, 4.69) is 0 Å².